The summed E-state index contributed by atoms with van der Waals surface area (Å²) >= 11 is 25.4. The Morgan fingerprint density at radius 3 is 2.35 bits per heavy atom. The second-order valence-corrected chi connectivity index (χ2v) is 13.5. The molecule has 2 amide bonds. The molecule has 0 aliphatic carbocycles. The van der Waals surface area contributed by atoms with Gasteiger partial charge in [-0.05, 0) is 74.5 Å². The smallest absolute Gasteiger partial charge is 0.240 e. The van der Waals surface area contributed by atoms with E-state index in [1.165, 1.54) is 6.42 Å². The molecule has 3 aliphatic rings. The summed E-state index contributed by atoms with van der Waals surface area (Å²) in [5.74, 6) is 0.0951. The van der Waals surface area contributed by atoms with Crippen molar-refractivity contribution in [1.82, 2.24) is 20.0 Å². The van der Waals surface area contributed by atoms with Crippen LogP contribution >= 0.6 is 46.4 Å². The van der Waals surface area contributed by atoms with Gasteiger partial charge in [0, 0.05) is 33.2 Å². The molecule has 3 saturated heterocycles. The summed E-state index contributed by atoms with van der Waals surface area (Å²) in [5.41, 5.74) is 0.388. The number of piperidine rings is 2. The van der Waals surface area contributed by atoms with Crippen molar-refractivity contribution in [2.24, 2.45) is 0 Å². The van der Waals surface area contributed by atoms with Crippen molar-refractivity contribution in [3.05, 3.63) is 67.6 Å². The number of ether oxygens (including phenoxy) is 1. The summed E-state index contributed by atoms with van der Waals surface area (Å²) < 4.78 is 6.56. The predicted molar refractivity (Wildman–Crippen MR) is 173 cm³/mol. The molecular weight excluding hydrogens is 630 g/mol. The molecule has 5 rings (SSSR count). The Balaban J connectivity index is 1.32. The fourth-order valence-electron chi connectivity index (χ4n) is 6.93. The summed E-state index contributed by atoms with van der Waals surface area (Å²) in [4.78, 5) is 33.4. The van der Waals surface area contributed by atoms with Crippen molar-refractivity contribution in [3.63, 3.8) is 0 Å². The monoisotopic (exact) mass is 668 g/mol. The van der Waals surface area contributed by atoms with Crippen LogP contribution in [0, 0.1) is 0 Å². The van der Waals surface area contributed by atoms with Gasteiger partial charge in [-0.1, -0.05) is 71.0 Å². The maximum atomic E-state index is 13.6. The number of carbonyl (C=O) groups is 2. The number of hydrogen-bond acceptors (Lipinski definition) is 5. The topological polar surface area (TPSA) is 65.1 Å². The molecule has 3 fully saturated rings. The molecular formula is C32H40Cl4N4O3. The van der Waals surface area contributed by atoms with Gasteiger partial charge in [0.05, 0.1) is 39.7 Å². The van der Waals surface area contributed by atoms with Gasteiger partial charge in [-0.15, -0.1) is 0 Å². The van der Waals surface area contributed by atoms with E-state index in [1.807, 2.05) is 23.1 Å². The van der Waals surface area contributed by atoms with E-state index in [9.17, 15) is 9.59 Å². The van der Waals surface area contributed by atoms with Crippen LogP contribution in [0.25, 0.3) is 0 Å². The molecule has 234 valence electrons. The SMILES string of the molecule is CNC(=O)C1(N2CCCCC2)CCN(CCC2(c3ccc(Cl)c(Cl)c3)CN(C(=O)Cc3cccc(Cl)c3Cl)CCO2)CC1. The minimum atomic E-state index is -0.761. The highest BCUT2D eigenvalue weighted by molar-refractivity contribution is 6.42. The van der Waals surface area contributed by atoms with E-state index in [1.54, 1.807) is 25.2 Å². The summed E-state index contributed by atoms with van der Waals surface area (Å²) in [7, 11) is 1.75. The number of nitrogens with zero attached hydrogens (tertiary/aromatic N) is 3. The molecule has 1 N–H and O–H groups in total. The van der Waals surface area contributed by atoms with Crippen molar-refractivity contribution in [3.8, 4) is 0 Å². The number of nitrogens with one attached hydrogen (secondary N) is 1. The van der Waals surface area contributed by atoms with Crippen LogP contribution in [-0.4, -0.2) is 91.5 Å². The van der Waals surface area contributed by atoms with E-state index in [0.29, 0.717) is 51.8 Å². The van der Waals surface area contributed by atoms with Gasteiger partial charge in [0.25, 0.3) is 0 Å². The first-order valence-corrected chi connectivity index (χ1v) is 16.7. The van der Waals surface area contributed by atoms with Crippen molar-refractivity contribution in [2.75, 3.05) is 59.5 Å². The lowest BCUT2D eigenvalue weighted by molar-refractivity contribution is -0.155. The zero-order valence-corrected chi connectivity index (χ0v) is 27.7. The second-order valence-electron chi connectivity index (χ2n) is 11.9. The third-order valence-corrected chi connectivity index (χ3v) is 11.1. The molecule has 2 aromatic rings. The van der Waals surface area contributed by atoms with Gasteiger partial charge in [0.2, 0.25) is 11.8 Å². The van der Waals surface area contributed by atoms with Crippen molar-refractivity contribution in [2.45, 2.75) is 56.1 Å². The van der Waals surface area contributed by atoms with Gasteiger partial charge in [0.15, 0.2) is 0 Å². The summed E-state index contributed by atoms with van der Waals surface area (Å²) in [6.45, 7) is 5.60. The maximum absolute atomic E-state index is 13.6. The molecule has 3 aliphatic heterocycles. The number of amides is 2. The number of benzene rings is 2. The highest BCUT2D eigenvalue weighted by atomic mass is 35.5. The molecule has 1 atom stereocenters. The molecule has 0 bridgehead atoms. The summed E-state index contributed by atoms with van der Waals surface area (Å²) in [6, 6.07) is 10.9. The molecule has 1 unspecified atom stereocenters. The van der Waals surface area contributed by atoms with Crippen molar-refractivity contribution in [1.29, 1.82) is 0 Å². The standard InChI is InChI=1S/C32H40Cl4N4O3/c1-37-30(42)31(40-13-3-2-4-14-40)10-15-38(16-11-31)17-12-32(24-8-9-25(33)27(35)21-24)22-39(18-19-43-32)28(41)20-23-6-5-7-26(34)29(23)36/h5-9,21H,2-4,10-20,22H2,1H3,(H,37,42). The zero-order valence-electron chi connectivity index (χ0n) is 24.6. The number of rotatable bonds is 8. The first-order valence-electron chi connectivity index (χ1n) is 15.2. The fourth-order valence-corrected chi connectivity index (χ4v) is 7.62. The molecule has 3 heterocycles. The van der Waals surface area contributed by atoms with Crippen LogP contribution in [-0.2, 0) is 26.3 Å². The molecule has 0 aromatic heterocycles. The van der Waals surface area contributed by atoms with Crippen LogP contribution in [0.2, 0.25) is 20.1 Å². The first-order chi connectivity index (χ1) is 20.7. The van der Waals surface area contributed by atoms with E-state index in [0.717, 1.165) is 64.0 Å². The Hall–Kier alpha value is -1.58. The number of morpholine rings is 1. The Labute approximate surface area is 274 Å². The largest absolute Gasteiger partial charge is 0.367 e. The second kappa shape index (κ2) is 14.2. The minimum Gasteiger partial charge on any atom is -0.367 e. The van der Waals surface area contributed by atoms with Crippen LogP contribution in [0.15, 0.2) is 36.4 Å². The van der Waals surface area contributed by atoms with E-state index < -0.39 is 11.1 Å². The highest BCUT2D eigenvalue weighted by Gasteiger charge is 2.47. The molecule has 0 spiro atoms. The van der Waals surface area contributed by atoms with Crippen LogP contribution in [0.5, 0.6) is 0 Å². The van der Waals surface area contributed by atoms with Crippen LogP contribution < -0.4 is 5.32 Å². The normalized spacial score (nSPS) is 23.2. The average Bonchev–Trinajstić information content (AvgIpc) is 3.04. The Morgan fingerprint density at radius 2 is 1.65 bits per heavy atom. The molecule has 0 saturated carbocycles. The molecule has 7 nitrogen and oxygen atoms in total. The molecule has 11 heteroatoms. The van der Waals surface area contributed by atoms with E-state index >= 15 is 0 Å². The van der Waals surface area contributed by atoms with Crippen LogP contribution in [0.1, 0.15) is 49.7 Å². The average molecular weight is 671 g/mol. The van der Waals surface area contributed by atoms with Crippen LogP contribution in [0.4, 0.5) is 0 Å². The van der Waals surface area contributed by atoms with E-state index in [2.05, 4.69) is 15.1 Å². The number of carbonyl (C=O) groups excluding carboxylic acids is 2. The lowest BCUT2D eigenvalue weighted by Gasteiger charge is -2.49. The molecule has 0 radical (unpaired) electrons. The number of halogens is 4. The lowest BCUT2D eigenvalue weighted by atomic mass is 9.82. The van der Waals surface area contributed by atoms with E-state index in [4.69, 9.17) is 51.1 Å². The highest BCUT2D eigenvalue weighted by Crippen LogP contribution is 2.38. The third kappa shape index (κ3) is 7.14. The fraction of sp³-hybridized carbons (Fsp3) is 0.562. The number of hydrogen-bond donors (Lipinski definition) is 1. The first kappa shape index (κ1) is 32.8. The third-order valence-electron chi connectivity index (χ3n) is 9.48. The minimum absolute atomic E-state index is 0.0354. The summed E-state index contributed by atoms with van der Waals surface area (Å²) in [6.07, 6.45) is 5.91. The number of likely N-dealkylation sites (N-methyl/N-ethyl adjacent to an activating group) is 1. The Kier molecular flexibility index (Phi) is 10.9. The van der Waals surface area contributed by atoms with Gasteiger partial charge in [-0.25, -0.2) is 0 Å². The van der Waals surface area contributed by atoms with Crippen LogP contribution in [0.3, 0.4) is 0 Å². The lowest BCUT2D eigenvalue weighted by Crippen LogP contribution is -2.64. The van der Waals surface area contributed by atoms with Gasteiger partial charge in [-0.3, -0.25) is 14.5 Å². The number of likely N-dealkylation sites (tertiary alicyclic amines) is 2. The zero-order chi connectivity index (χ0) is 30.6. The Bertz CT molecular complexity index is 1310. The molecule has 2 aromatic carbocycles. The van der Waals surface area contributed by atoms with Gasteiger partial charge in [-0.2, -0.15) is 0 Å². The van der Waals surface area contributed by atoms with Gasteiger partial charge >= 0.3 is 0 Å². The van der Waals surface area contributed by atoms with Crippen molar-refractivity contribution < 1.29 is 14.3 Å². The van der Waals surface area contributed by atoms with Crippen molar-refractivity contribution >= 4 is 58.2 Å². The van der Waals surface area contributed by atoms with E-state index in [-0.39, 0.29) is 18.2 Å². The van der Waals surface area contributed by atoms with Gasteiger partial charge < -0.3 is 19.9 Å². The predicted octanol–water partition coefficient (Wildman–Crippen LogP) is 6.05. The quantitative estimate of drug-likeness (QED) is 0.371. The maximum Gasteiger partial charge on any atom is 0.240 e. The summed E-state index contributed by atoms with van der Waals surface area (Å²) in [5, 5.41) is 4.71. The van der Waals surface area contributed by atoms with Gasteiger partial charge in [0.1, 0.15) is 11.1 Å². The molecule has 43 heavy (non-hydrogen) atoms. The Morgan fingerprint density at radius 1 is 0.907 bits per heavy atom.